The van der Waals surface area contributed by atoms with E-state index in [1.807, 2.05) is 31.1 Å². The van der Waals surface area contributed by atoms with Crippen molar-refractivity contribution in [2.24, 2.45) is 13.0 Å². The van der Waals surface area contributed by atoms with E-state index in [0.29, 0.717) is 31.2 Å². The average molecular weight is 345 g/mol. The van der Waals surface area contributed by atoms with Gasteiger partial charge in [0.15, 0.2) is 0 Å². The number of carbonyl (C=O) groups excluding carboxylic acids is 1. The molecule has 136 valence electrons. The lowest BCUT2D eigenvalue weighted by Crippen LogP contribution is -2.35. The van der Waals surface area contributed by atoms with Gasteiger partial charge in [0.25, 0.3) is 0 Å². The van der Waals surface area contributed by atoms with Crippen molar-refractivity contribution in [1.29, 1.82) is 0 Å². The lowest BCUT2D eigenvalue weighted by Gasteiger charge is -2.24. The van der Waals surface area contributed by atoms with Gasteiger partial charge in [-0.15, -0.1) is 0 Å². The van der Waals surface area contributed by atoms with Crippen LogP contribution in [-0.4, -0.2) is 36.7 Å². The van der Waals surface area contributed by atoms with Crippen molar-refractivity contribution in [1.82, 2.24) is 24.2 Å². The molecule has 0 bridgehead atoms. The first-order chi connectivity index (χ1) is 11.8. The summed E-state index contributed by atoms with van der Waals surface area (Å²) in [6, 6.07) is 1.85. The Kier molecular flexibility index (Phi) is 6.12. The molecule has 7 heteroatoms. The molecule has 0 aliphatic carbocycles. The van der Waals surface area contributed by atoms with Crippen LogP contribution in [0.4, 0.5) is 0 Å². The Morgan fingerprint density at radius 3 is 2.60 bits per heavy atom. The van der Waals surface area contributed by atoms with Crippen molar-refractivity contribution in [3.05, 3.63) is 45.9 Å². The summed E-state index contributed by atoms with van der Waals surface area (Å²) in [5, 5.41) is 4.16. The summed E-state index contributed by atoms with van der Waals surface area (Å²) >= 11 is 0. The van der Waals surface area contributed by atoms with Crippen molar-refractivity contribution >= 4 is 5.91 Å². The normalized spacial score (nSPS) is 11.1. The number of hydrogen-bond acceptors (Lipinski definition) is 4. The van der Waals surface area contributed by atoms with E-state index in [0.717, 1.165) is 11.3 Å². The minimum absolute atomic E-state index is 0.0319. The molecule has 0 atom stereocenters. The smallest absolute Gasteiger partial charge is 0.338 e. The average Bonchev–Trinajstić information content (AvgIpc) is 2.90. The van der Waals surface area contributed by atoms with Gasteiger partial charge in [-0.25, -0.2) is 4.79 Å². The van der Waals surface area contributed by atoms with Crippen LogP contribution in [0.5, 0.6) is 0 Å². The van der Waals surface area contributed by atoms with Gasteiger partial charge < -0.3 is 4.90 Å². The summed E-state index contributed by atoms with van der Waals surface area (Å²) in [7, 11) is 1.86. The molecule has 0 saturated carbocycles. The van der Waals surface area contributed by atoms with Gasteiger partial charge in [-0.1, -0.05) is 13.8 Å². The molecule has 0 aliphatic rings. The number of rotatable bonds is 7. The first kappa shape index (κ1) is 18.9. The minimum Gasteiger partial charge on any atom is -0.338 e. The molecule has 7 nitrogen and oxygen atoms in total. The number of aromatic nitrogens is 4. The van der Waals surface area contributed by atoms with Crippen LogP contribution in [0.2, 0.25) is 0 Å². The first-order valence-electron chi connectivity index (χ1n) is 8.56. The summed E-state index contributed by atoms with van der Waals surface area (Å²) in [6.07, 6.45) is 3.97. The molecule has 0 radical (unpaired) electrons. The fourth-order valence-electron chi connectivity index (χ4n) is 2.88. The van der Waals surface area contributed by atoms with E-state index in [1.54, 1.807) is 22.4 Å². The monoisotopic (exact) mass is 345 g/mol. The zero-order chi connectivity index (χ0) is 18.6. The van der Waals surface area contributed by atoms with Gasteiger partial charge in [0.2, 0.25) is 5.91 Å². The van der Waals surface area contributed by atoms with Gasteiger partial charge >= 0.3 is 5.69 Å². The highest BCUT2D eigenvalue weighted by molar-refractivity contribution is 5.76. The lowest BCUT2D eigenvalue weighted by atomic mass is 10.2. The summed E-state index contributed by atoms with van der Waals surface area (Å²) in [6.45, 7) is 9.38. The summed E-state index contributed by atoms with van der Waals surface area (Å²) in [4.78, 5) is 30.5. The van der Waals surface area contributed by atoms with Gasteiger partial charge in [0, 0.05) is 56.3 Å². The second-order valence-corrected chi connectivity index (χ2v) is 6.91. The maximum atomic E-state index is 12.7. The van der Waals surface area contributed by atoms with Crippen LogP contribution in [0.15, 0.2) is 23.3 Å². The molecular weight excluding hydrogens is 318 g/mol. The van der Waals surface area contributed by atoms with E-state index in [9.17, 15) is 9.59 Å². The predicted octanol–water partition coefficient (Wildman–Crippen LogP) is 1.67. The molecule has 2 heterocycles. The van der Waals surface area contributed by atoms with Crippen LogP contribution in [0.25, 0.3) is 0 Å². The third-order valence-corrected chi connectivity index (χ3v) is 3.97. The number of nitrogens with zero attached hydrogens (tertiary/aromatic N) is 5. The van der Waals surface area contributed by atoms with Crippen molar-refractivity contribution in [2.75, 3.05) is 6.54 Å². The zero-order valence-electron chi connectivity index (χ0n) is 15.7. The second-order valence-electron chi connectivity index (χ2n) is 6.91. The van der Waals surface area contributed by atoms with E-state index < -0.39 is 0 Å². The third-order valence-electron chi connectivity index (χ3n) is 3.97. The van der Waals surface area contributed by atoms with Crippen molar-refractivity contribution in [3.63, 3.8) is 0 Å². The van der Waals surface area contributed by atoms with E-state index in [1.165, 1.54) is 0 Å². The lowest BCUT2D eigenvalue weighted by molar-refractivity contribution is -0.132. The molecule has 2 rings (SSSR count). The van der Waals surface area contributed by atoms with E-state index in [-0.39, 0.29) is 18.0 Å². The fourth-order valence-corrected chi connectivity index (χ4v) is 2.88. The summed E-state index contributed by atoms with van der Waals surface area (Å²) in [5.41, 5.74) is 2.23. The molecule has 0 aliphatic heterocycles. The molecule has 2 aromatic heterocycles. The van der Waals surface area contributed by atoms with Gasteiger partial charge in [-0.05, 0) is 25.8 Å². The van der Waals surface area contributed by atoms with Crippen molar-refractivity contribution in [2.45, 2.75) is 47.2 Å². The Morgan fingerprint density at radius 1 is 1.32 bits per heavy atom. The second kappa shape index (κ2) is 8.09. The third kappa shape index (κ3) is 5.27. The minimum atomic E-state index is -0.298. The summed E-state index contributed by atoms with van der Waals surface area (Å²) < 4.78 is 3.29. The molecule has 0 saturated heterocycles. The maximum Gasteiger partial charge on any atom is 0.347 e. The van der Waals surface area contributed by atoms with Crippen LogP contribution >= 0.6 is 0 Å². The topological polar surface area (TPSA) is 73.0 Å². The van der Waals surface area contributed by atoms with Crippen LogP contribution < -0.4 is 5.69 Å². The molecule has 2 aromatic rings. The molecule has 0 aromatic carbocycles. The Balaban J connectivity index is 2.08. The van der Waals surface area contributed by atoms with Crippen LogP contribution in [0.3, 0.4) is 0 Å². The molecule has 0 N–H and O–H groups in total. The van der Waals surface area contributed by atoms with Crippen molar-refractivity contribution < 1.29 is 4.79 Å². The van der Waals surface area contributed by atoms with Gasteiger partial charge in [0.05, 0.1) is 6.20 Å². The largest absolute Gasteiger partial charge is 0.347 e. The number of carbonyl (C=O) groups is 1. The highest BCUT2D eigenvalue weighted by Crippen LogP contribution is 2.09. The molecule has 25 heavy (non-hydrogen) atoms. The van der Waals surface area contributed by atoms with E-state index in [4.69, 9.17) is 0 Å². The first-order valence-corrected chi connectivity index (χ1v) is 8.56. The molecular formula is C18H27N5O2. The standard InChI is InChI=1S/C18H27N5O2/c1-13(2)10-22(12-16-9-19-21(5)11-16)17(24)6-7-23-15(4)8-14(3)20-18(23)25/h8-9,11,13H,6-7,10,12H2,1-5H3. The van der Waals surface area contributed by atoms with Gasteiger partial charge in [-0.2, -0.15) is 10.1 Å². The highest BCUT2D eigenvalue weighted by Gasteiger charge is 2.17. The predicted molar refractivity (Wildman–Crippen MR) is 96.1 cm³/mol. The van der Waals surface area contributed by atoms with E-state index in [2.05, 4.69) is 23.9 Å². The number of aryl methyl sites for hydroxylation is 3. The van der Waals surface area contributed by atoms with E-state index >= 15 is 0 Å². The van der Waals surface area contributed by atoms with Crippen LogP contribution in [-0.2, 0) is 24.9 Å². The fraction of sp³-hybridized carbons (Fsp3) is 0.556. The Bertz CT molecular complexity index is 791. The van der Waals surface area contributed by atoms with Crippen LogP contribution in [0, 0.1) is 19.8 Å². The number of amides is 1. The Hall–Kier alpha value is -2.44. The molecule has 0 spiro atoms. The van der Waals surface area contributed by atoms with Crippen molar-refractivity contribution in [3.8, 4) is 0 Å². The molecule has 0 fully saturated rings. The Morgan fingerprint density at radius 2 is 2.04 bits per heavy atom. The van der Waals surface area contributed by atoms with Crippen LogP contribution in [0.1, 0.15) is 37.2 Å². The van der Waals surface area contributed by atoms with Gasteiger partial charge in [0.1, 0.15) is 0 Å². The highest BCUT2D eigenvalue weighted by atomic mass is 16.2. The molecule has 0 unspecified atom stereocenters. The molecule has 1 amide bonds. The SMILES string of the molecule is Cc1cc(C)n(CCC(=O)N(Cc2cnn(C)c2)CC(C)C)c(=O)n1. The Labute approximate surface area is 148 Å². The summed E-state index contributed by atoms with van der Waals surface area (Å²) in [5.74, 6) is 0.399. The zero-order valence-corrected chi connectivity index (χ0v) is 15.7. The number of hydrogen-bond donors (Lipinski definition) is 0. The van der Waals surface area contributed by atoms with Gasteiger partial charge in [-0.3, -0.25) is 14.0 Å². The maximum absolute atomic E-state index is 12.7. The quantitative estimate of drug-likeness (QED) is 0.765.